The Kier molecular flexibility index (Phi) is 2.29. The summed E-state index contributed by atoms with van der Waals surface area (Å²) in [6.07, 6.45) is 4.83. The molecule has 0 atom stereocenters. The van der Waals surface area contributed by atoms with Crippen molar-refractivity contribution in [1.82, 2.24) is 4.90 Å². The number of carbonyl (C=O) groups excluding carboxylic acids is 1. The summed E-state index contributed by atoms with van der Waals surface area (Å²) in [7, 11) is 1.93. The minimum absolute atomic E-state index is 0.195. The highest BCUT2D eigenvalue weighted by Crippen LogP contribution is 2.48. The van der Waals surface area contributed by atoms with Gasteiger partial charge in [0.25, 0.3) is 5.91 Å². The van der Waals surface area contributed by atoms with E-state index in [1.54, 1.807) is 0 Å². The molecule has 0 N–H and O–H groups in total. The Hall–Kier alpha value is -1.31. The Bertz CT molecular complexity index is 474. The molecular weight excluding hydrogens is 210 g/mol. The van der Waals surface area contributed by atoms with Crippen LogP contribution in [0.5, 0.6) is 0 Å². The fraction of sp³-hybridized carbons (Fsp3) is 0.533. The monoisotopic (exact) mass is 229 g/mol. The first-order chi connectivity index (χ1) is 8.16. The van der Waals surface area contributed by atoms with E-state index in [0.29, 0.717) is 0 Å². The van der Waals surface area contributed by atoms with E-state index in [1.165, 1.54) is 30.4 Å². The maximum atomic E-state index is 12.2. The van der Waals surface area contributed by atoms with E-state index in [-0.39, 0.29) is 11.3 Å². The van der Waals surface area contributed by atoms with Gasteiger partial charge in [-0.2, -0.15) is 0 Å². The summed E-state index contributed by atoms with van der Waals surface area (Å²) in [5, 5.41) is 0. The smallest absolute Gasteiger partial charge is 0.253 e. The summed E-state index contributed by atoms with van der Waals surface area (Å²) in [6, 6.07) is 6.41. The van der Waals surface area contributed by atoms with Crippen molar-refractivity contribution in [2.45, 2.75) is 38.0 Å². The number of fused-ring (bicyclic) bond motifs is 2. The van der Waals surface area contributed by atoms with Crippen LogP contribution in [0.2, 0.25) is 0 Å². The van der Waals surface area contributed by atoms with Crippen LogP contribution in [0.15, 0.2) is 18.2 Å². The molecule has 2 aliphatic rings. The van der Waals surface area contributed by atoms with Crippen molar-refractivity contribution in [2.24, 2.45) is 0 Å². The SMILES string of the molecule is CCc1ccc2c(c1)C1(CCC1)CN(C)C2=O. The Balaban J connectivity index is 2.15. The standard InChI is InChI=1S/C15H19NO/c1-3-11-5-6-12-13(9-11)15(7-4-8-15)10-16(2)14(12)17/h5-6,9H,3-4,7-8,10H2,1-2H3. The molecule has 0 radical (unpaired) electrons. The molecule has 2 heteroatoms. The Labute approximate surface area is 103 Å². The van der Waals surface area contributed by atoms with Crippen LogP contribution >= 0.6 is 0 Å². The molecule has 1 aliphatic heterocycles. The van der Waals surface area contributed by atoms with Gasteiger partial charge in [-0.3, -0.25) is 4.79 Å². The summed E-state index contributed by atoms with van der Waals surface area (Å²) >= 11 is 0. The Morgan fingerprint density at radius 2 is 2.12 bits per heavy atom. The van der Waals surface area contributed by atoms with E-state index in [0.717, 1.165) is 18.5 Å². The third-order valence-corrected chi connectivity index (χ3v) is 4.49. The number of aryl methyl sites for hydroxylation is 1. The number of rotatable bonds is 1. The van der Waals surface area contributed by atoms with Gasteiger partial charge >= 0.3 is 0 Å². The normalized spacial score (nSPS) is 21.3. The zero-order chi connectivity index (χ0) is 12.0. The average molecular weight is 229 g/mol. The van der Waals surface area contributed by atoms with Crippen LogP contribution in [-0.2, 0) is 11.8 Å². The van der Waals surface area contributed by atoms with Crippen LogP contribution < -0.4 is 0 Å². The molecule has 1 saturated carbocycles. The largest absolute Gasteiger partial charge is 0.341 e. The molecule has 1 fully saturated rings. The molecule has 3 rings (SSSR count). The zero-order valence-corrected chi connectivity index (χ0v) is 10.6. The molecule has 1 aromatic carbocycles. The molecule has 1 amide bonds. The first-order valence-electron chi connectivity index (χ1n) is 6.55. The first kappa shape index (κ1) is 10.8. The molecule has 1 aromatic rings. The summed E-state index contributed by atoms with van der Waals surface area (Å²) < 4.78 is 0. The highest BCUT2D eigenvalue weighted by Gasteiger charge is 2.45. The summed E-state index contributed by atoms with van der Waals surface area (Å²) in [5.41, 5.74) is 3.90. The van der Waals surface area contributed by atoms with E-state index in [9.17, 15) is 4.79 Å². The van der Waals surface area contributed by atoms with Gasteiger partial charge < -0.3 is 4.90 Å². The second-order valence-electron chi connectivity index (χ2n) is 5.53. The quantitative estimate of drug-likeness (QED) is 0.725. The third-order valence-electron chi connectivity index (χ3n) is 4.49. The summed E-state index contributed by atoms with van der Waals surface area (Å²) in [6.45, 7) is 3.08. The topological polar surface area (TPSA) is 20.3 Å². The third kappa shape index (κ3) is 1.43. The van der Waals surface area contributed by atoms with Gasteiger partial charge in [0.1, 0.15) is 0 Å². The van der Waals surface area contributed by atoms with Gasteiger partial charge in [0.15, 0.2) is 0 Å². The van der Waals surface area contributed by atoms with Crippen molar-refractivity contribution in [3.63, 3.8) is 0 Å². The lowest BCUT2D eigenvalue weighted by molar-refractivity contribution is 0.0650. The highest BCUT2D eigenvalue weighted by atomic mass is 16.2. The van der Waals surface area contributed by atoms with E-state index >= 15 is 0 Å². The molecule has 0 aromatic heterocycles. The molecular formula is C15H19NO. The number of carbonyl (C=O) groups is 1. The highest BCUT2D eigenvalue weighted by molar-refractivity contribution is 5.97. The van der Waals surface area contributed by atoms with Crippen molar-refractivity contribution in [3.05, 3.63) is 34.9 Å². The van der Waals surface area contributed by atoms with Gasteiger partial charge in [0.05, 0.1) is 0 Å². The lowest BCUT2D eigenvalue weighted by Gasteiger charge is -2.49. The van der Waals surface area contributed by atoms with Gasteiger partial charge in [-0.1, -0.05) is 25.5 Å². The lowest BCUT2D eigenvalue weighted by atomic mass is 9.61. The number of likely N-dealkylation sites (N-methyl/N-ethyl adjacent to an activating group) is 1. The lowest BCUT2D eigenvalue weighted by Crippen LogP contribution is -2.51. The van der Waals surface area contributed by atoms with Gasteiger partial charge in [0, 0.05) is 24.6 Å². The van der Waals surface area contributed by atoms with E-state index in [1.807, 2.05) is 18.0 Å². The fourth-order valence-corrected chi connectivity index (χ4v) is 3.28. The number of hydrogen-bond acceptors (Lipinski definition) is 1. The second-order valence-corrected chi connectivity index (χ2v) is 5.53. The van der Waals surface area contributed by atoms with Crippen LogP contribution in [0.4, 0.5) is 0 Å². The number of amides is 1. The molecule has 90 valence electrons. The van der Waals surface area contributed by atoms with Crippen molar-refractivity contribution in [3.8, 4) is 0 Å². The van der Waals surface area contributed by atoms with Crippen LogP contribution in [-0.4, -0.2) is 24.4 Å². The van der Waals surface area contributed by atoms with Crippen molar-refractivity contribution in [2.75, 3.05) is 13.6 Å². The van der Waals surface area contributed by atoms with E-state index in [2.05, 4.69) is 19.1 Å². The van der Waals surface area contributed by atoms with E-state index in [4.69, 9.17) is 0 Å². The van der Waals surface area contributed by atoms with Crippen molar-refractivity contribution < 1.29 is 4.79 Å². The molecule has 0 unspecified atom stereocenters. The minimum Gasteiger partial charge on any atom is -0.341 e. The molecule has 0 bridgehead atoms. The Morgan fingerprint density at radius 3 is 2.71 bits per heavy atom. The maximum absolute atomic E-state index is 12.2. The van der Waals surface area contributed by atoms with Crippen LogP contribution in [0.25, 0.3) is 0 Å². The maximum Gasteiger partial charge on any atom is 0.253 e. The molecule has 1 heterocycles. The first-order valence-corrected chi connectivity index (χ1v) is 6.55. The second kappa shape index (κ2) is 3.59. The van der Waals surface area contributed by atoms with Gasteiger partial charge in [-0.25, -0.2) is 0 Å². The van der Waals surface area contributed by atoms with Crippen LogP contribution in [0, 0.1) is 0 Å². The number of nitrogens with zero attached hydrogens (tertiary/aromatic N) is 1. The van der Waals surface area contributed by atoms with Crippen LogP contribution in [0.1, 0.15) is 47.7 Å². The average Bonchev–Trinajstić information content (AvgIpc) is 2.31. The molecule has 0 saturated heterocycles. The summed E-state index contributed by atoms with van der Waals surface area (Å²) in [5.74, 6) is 0.195. The minimum atomic E-state index is 0.195. The van der Waals surface area contributed by atoms with Crippen molar-refractivity contribution in [1.29, 1.82) is 0 Å². The summed E-state index contributed by atoms with van der Waals surface area (Å²) in [4.78, 5) is 14.1. The fourth-order valence-electron chi connectivity index (χ4n) is 3.28. The molecule has 2 nitrogen and oxygen atoms in total. The molecule has 17 heavy (non-hydrogen) atoms. The molecule has 1 aliphatic carbocycles. The number of hydrogen-bond donors (Lipinski definition) is 0. The zero-order valence-electron chi connectivity index (χ0n) is 10.6. The predicted molar refractivity (Wildman–Crippen MR) is 68.3 cm³/mol. The van der Waals surface area contributed by atoms with E-state index < -0.39 is 0 Å². The predicted octanol–water partition coefficient (Wildman–Crippen LogP) is 2.76. The number of benzene rings is 1. The van der Waals surface area contributed by atoms with Gasteiger partial charge in [0.2, 0.25) is 0 Å². The van der Waals surface area contributed by atoms with Crippen molar-refractivity contribution >= 4 is 5.91 Å². The Morgan fingerprint density at radius 1 is 1.35 bits per heavy atom. The van der Waals surface area contributed by atoms with Gasteiger partial charge in [-0.15, -0.1) is 0 Å². The van der Waals surface area contributed by atoms with Gasteiger partial charge in [-0.05, 0) is 36.5 Å². The molecule has 1 spiro atoms. The van der Waals surface area contributed by atoms with Crippen LogP contribution in [0.3, 0.4) is 0 Å².